The van der Waals surface area contributed by atoms with Crippen molar-refractivity contribution in [2.75, 3.05) is 11.5 Å². The third-order valence-electron chi connectivity index (χ3n) is 2.95. The molecule has 1 aromatic heterocycles. The monoisotopic (exact) mass is 242 g/mol. The highest BCUT2D eigenvalue weighted by atomic mass is 15.3. The van der Waals surface area contributed by atoms with E-state index in [0.29, 0.717) is 18.1 Å². The predicted molar refractivity (Wildman–Crippen MR) is 71.4 cm³/mol. The first kappa shape index (κ1) is 9.70. The molecule has 1 aliphatic heterocycles. The normalized spacial score (nSPS) is 19.2. The molecule has 2 aromatic rings. The number of amidine groups is 1. The second kappa shape index (κ2) is 4.18. The maximum Gasteiger partial charge on any atom is 0.150 e. The average molecular weight is 242 g/mol. The Hall–Kier alpha value is -2.30. The maximum atomic E-state index is 8.09. The molecule has 3 rings (SSSR count). The number of aromatic nitrogens is 2. The first-order valence-corrected chi connectivity index (χ1v) is 5.74. The minimum atomic E-state index is -0.733. The summed E-state index contributed by atoms with van der Waals surface area (Å²) in [6.07, 6.45) is 1.70. The summed E-state index contributed by atoms with van der Waals surface area (Å²) in [7, 11) is 1.90. The van der Waals surface area contributed by atoms with Crippen molar-refractivity contribution in [3.05, 3.63) is 47.9 Å². The smallest absolute Gasteiger partial charge is 0.150 e. The molecule has 2 heterocycles. The van der Waals surface area contributed by atoms with Crippen molar-refractivity contribution in [3.63, 3.8) is 0 Å². The number of hydrogen-bond acceptors (Lipinski definition) is 4. The summed E-state index contributed by atoms with van der Waals surface area (Å²) < 4.78 is 9.97. The van der Waals surface area contributed by atoms with Gasteiger partial charge in [0, 0.05) is 13.6 Å². The summed E-state index contributed by atoms with van der Waals surface area (Å²) in [5.74, 6) is 1.18. The molecule has 1 atom stereocenters. The van der Waals surface area contributed by atoms with Crippen LogP contribution in [0.4, 0.5) is 5.82 Å². The van der Waals surface area contributed by atoms with E-state index >= 15 is 0 Å². The lowest BCUT2D eigenvalue weighted by Gasteiger charge is -2.27. The Morgan fingerprint density at radius 1 is 1.39 bits per heavy atom. The van der Waals surface area contributed by atoms with Gasteiger partial charge in [0.15, 0.2) is 0 Å². The molecular weight excluding hydrogens is 226 g/mol. The highest BCUT2D eigenvalue weighted by molar-refractivity contribution is 6.01. The molecule has 5 nitrogen and oxygen atoms in total. The largest absolute Gasteiger partial charge is 0.382 e. The second-order valence-corrected chi connectivity index (χ2v) is 4.27. The minimum Gasteiger partial charge on any atom is -0.382 e. The first-order chi connectivity index (χ1) is 9.16. The van der Waals surface area contributed by atoms with Crippen LogP contribution >= 0.6 is 0 Å². The van der Waals surface area contributed by atoms with E-state index in [9.17, 15) is 0 Å². The molecule has 1 aliphatic rings. The van der Waals surface area contributed by atoms with Gasteiger partial charge in [-0.3, -0.25) is 0 Å². The van der Waals surface area contributed by atoms with Crippen LogP contribution in [-0.4, -0.2) is 22.0 Å². The van der Waals surface area contributed by atoms with Gasteiger partial charge in [0.1, 0.15) is 24.0 Å². The van der Waals surface area contributed by atoms with E-state index in [2.05, 4.69) is 9.98 Å². The van der Waals surface area contributed by atoms with Gasteiger partial charge >= 0.3 is 0 Å². The van der Waals surface area contributed by atoms with Crippen molar-refractivity contribution < 1.29 is 1.37 Å². The number of fused-ring (bicyclic) bond motifs is 1. The zero-order chi connectivity index (χ0) is 13.4. The van der Waals surface area contributed by atoms with Gasteiger partial charge in [-0.05, 0) is 5.56 Å². The van der Waals surface area contributed by atoms with Crippen molar-refractivity contribution in [1.82, 2.24) is 9.55 Å². The Kier molecular flexibility index (Phi) is 2.25. The number of nitrogens with two attached hydrogens (primary N) is 1. The lowest BCUT2D eigenvalue weighted by Crippen LogP contribution is -2.33. The van der Waals surface area contributed by atoms with Crippen LogP contribution in [0.1, 0.15) is 12.6 Å². The summed E-state index contributed by atoms with van der Waals surface area (Å²) in [6.45, 7) is -0.124. The standard InChI is InChI=1S/C13H15N5/c1-17-8-15-11-12(14)16-9-18(13(11)17)7-10-5-3-2-4-6-10/h2-6,8H,7,9H2,1H3,(H2,14,16)/i9D. The zero-order valence-corrected chi connectivity index (χ0v) is 10.1. The maximum absolute atomic E-state index is 8.09. The average Bonchev–Trinajstić information content (AvgIpc) is 2.78. The van der Waals surface area contributed by atoms with E-state index in [4.69, 9.17) is 7.10 Å². The van der Waals surface area contributed by atoms with Gasteiger partial charge in [-0.25, -0.2) is 9.98 Å². The van der Waals surface area contributed by atoms with Crippen molar-refractivity contribution >= 4 is 11.7 Å². The molecular formula is C13H15N5. The Balaban J connectivity index is 2.00. The molecule has 5 heteroatoms. The van der Waals surface area contributed by atoms with Crippen LogP contribution < -0.4 is 10.6 Å². The van der Waals surface area contributed by atoms with E-state index in [0.717, 1.165) is 11.4 Å². The molecule has 0 radical (unpaired) electrons. The quantitative estimate of drug-likeness (QED) is 0.858. The third-order valence-corrected chi connectivity index (χ3v) is 2.95. The summed E-state index contributed by atoms with van der Waals surface area (Å²) in [5, 5.41) is 0. The molecule has 92 valence electrons. The molecule has 0 saturated carbocycles. The lowest BCUT2D eigenvalue weighted by atomic mass is 10.2. The van der Waals surface area contributed by atoms with E-state index in [-0.39, 0.29) is 0 Å². The fourth-order valence-electron chi connectivity index (χ4n) is 2.09. The van der Waals surface area contributed by atoms with Crippen LogP contribution in [0.25, 0.3) is 0 Å². The first-order valence-electron chi connectivity index (χ1n) is 6.32. The lowest BCUT2D eigenvalue weighted by molar-refractivity contribution is 0.748. The minimum absolute atomic E-state index is 0.333. The molecule has 1 aromatic carbocycles. The van der Waals surface area contributed by atoms with Gasteiger partial charge < -0.3 is 15.2 Å². The van der Waals surface area contributed by atoms with Gasteiger partial charge in [0.05, 0.1) is 7.70 Å². The molecule has 18 heavy (non-hydrogen) atoms. The number of aliphatic imine (C=N–C) groups is 1. The Morgan fingerprint density at radius 3 is 2.94 bits per heavy atom. The van der Waals surface area contributed by atoms with Gasteiger partial charge in [0.2, 0.25) is 0 Å². The summed E-state index contributed by atoms with van der Waals surface area (Å²) in [6, 6.07) is 10.0. The number of nitrogens with zero attached hydrogens (tertiary/aromatic N) is 4. The number of benzene rings is 1. The molecule has 0 aliphatic carbocycles. The number of hydrogen-bond donors (Lipinski definition) is 1. The summed E-state index contributed by atoms with van der Waals surface area (Å²) >= 11 is 0. The Labute approximate surface area is 107 Å². The molecule has 0 spiro atoms. The fraction of sp³-hybridized carbons (Fsp3) is 0.231. The highest BCUT2D eigenvalue weighted by Gasteiger charge is 2.22. The zero-order valence-electron chi connectivity index (χ0n) is 11.1. The third kappa shape index (κ3) is 1.73. The summed E-state index contributed by atoms with van der Waals surface area (Å²) in [4.78, 5) is 10.3. The van der Waals surface area contributed by atoms with Crippen LogP contribution in [0.3, 0.4) is 0 Å². The van der Waals surface area contributed by atoms with E-state index in [1.54, 1.807) is 6.33 Å². The highest BCUT2D eigenvalue weighted by Crippen LogP contribution is 2.24. The topological polar surface area (TPSA) is 59.4 Å². The van der Waals surface area contributed by atoms with Crippen LogP contribution in [0.5, 0.6) is 0 Å². The molecule has 0 fully saturated rings. The predicted octanol–water partition coefficient (Wildman–Crippen LogP) is 1.10. The van der Waals surface area contributed by atoms with Gasteiger partial charge in [-0.1, -0.05) is 30.3 Å². The van der Waals surface area contributed by atoms with E-state index in [1.807, 2.05) is 46.8 Å². The number of rotatable bonds is 2. The van der Waals surface area contributed by atoms with Crippen molar-refractivity contribution in [3.8, 4) is 0 Å². The fourth-order valence-corrected chi connectivity index (χ4v) is 2.09. The Bertz CT molecular complexity index is 619. The van der Waals surface area contributed by atoms with Gasteiger partial charge in [0.25, 0.3) is 0 Å². The van der Waals surface area contributed by atoms with Crippen molar-refractivity contribution in [2.24, 2.45) is 17.8 Å². The summed E-state index contributed by atoms with van der Waals surface area (Å²) in [5.41, 5.74) is 7.62. The van der Waals surface area contributed by atoms with Crippen molar-refractivity contribution in [1.29, 1.82) is 0 Å². The van der Waals surface area contributed by atoms with Gasteiger partial charge in [-0.15, -0.1) is 0 Å². The van der Waals surface area contributed by atoms with Crippen LogP contribution in [-0.2, 0) is 13.6 Å². The van der Waals surface area contributed by atoms with Crippen LogP contribution in [0.15, 0.2) is 41.7 Å². The molecule has 2 N–H and O–H groups in total. The van der Waals surface area contributed by atoms with Crippen LogP contribution in [0.2, 0.25) is 0 Å². The van der Waals surface area contributed by atoms with Crippen molar-refractivity contribution in [2.45, 2.75) is 6.54 Å². The SMILES string of the molecule is [2H]C1N=C(N)c2ncn(C)c2N1Cc1ccccc1. The molecule has 0 saturated heterocycles. The Morgan fingerprint density at radius 2 is 2.17 bits per heavy atom. The molecule has 0 amide bonds. The van der Waals surface area contributed by atoms with E-state index < -0.39 is 6.64 Å². The molecule has 1 unspecified atom stereocenters. The number of imidazole rings is 1. The van der Waals surface area contributed by atoms with Crippen LogP contribution in [0, 0.1) is 0 Å². The van der Waals surface area contributed by atoms with Gasteiger partial charge in [-0.2, -0.15) is 0 Å². The number of anilines is 1. The number of aryl methyl sites for hydroxylation is 1. The van der Waals surface area contributed by atoms with E-state index in [1.165, 1.54) is 0 Å². The second-order valence-electron chi connectivity index (χ2n) is 4.27. The molecule has 0 bridgehead atoms.